The molecular weight excluding hydrogens is 442 g/mol. The molecule has 0 radical (unpaired) electrons. The Morgan fingerprint density at radius 2 is 1.97 bits per heavy atom. The van der Waals surface area contributed by atoms with E-state index < -0.39 is 18.0 Å². The van der Waals surface area contributed by atoms with Crippen molar-refractivity contribution in [1.82, 2.24) is 4.90 Å². The van der Waals surface area contributed by atoms with Crippen molar-refractivity contribution in [2.75, 3.05) is 31.6 Å². The van der Waals surface area contributed by atoms with Crippen LogP contribution in [0.2, 0.25) is 4.34 Å². The average Bonchev–Trinajstić information content (AvgIpc) is 3.31. The minimum atomic E-state index is -1.19. The smallest absolute Gasteiger partial charge is 0.349 e. The Kier molecular flexibility index (Phi) is 6.40. The van der Waals surface area contributed by atoms with Gasteiger partial charge in [0.05, 0.1) is 20.5 Å². The summed E-state index contributed by atoms with van der Waals surface area (Å²) < 4.78 is 0.479. The highest BCUT2D eigenvalue weighted by molar-refractivity contribution is 7.18. The Morgan fingerprint density at radius 3 is 2.61 bits per heavy atom. The molecule has 3 amide bonds. The van der Waals surface area contributed by atoms with Crippen LogP contribution in [0.25, 0.3) is 0 Å². The van der Waals surface area contributed by atoms with Crippen molar-refractivity contribution >= 4 is 46.3 Å². The van der Waals surface area contributed by atoms with Crippen LogP contribution < -0.4 is 10.2 Å². The Labute approximate surface area is 188 Å². The monoisotopic (exact) mass is 464 g/mol. The molecule has 2 aliphatic heterocycles. The molecule has 0 aliphatic carbocycles. The predicted molar refractivity (Wildman–Crippen MR) is 115 cm³/mol. The molecule has 31 heavy (non-hydrogen) atoms. The van der Waals surface area contributed by atoms with E-state index in [1.54, 1.807) is 35.2 Å². The molecule has 0 spiro atoms. The second kappa shape index (κ2) is 9.05. The Balaban J connectivity index is 1.49. The Hall–Kier alpha value is -2.30. The molecule has 4 rings (SSSR count). The highest BCUT2D eigenvalue weighted by atomic mass is 35.5. The lowest BCUT2D eigenvalue weighted by atomic mass is 9.98. The number of nitrogens with one attached hydrogen (secondary N) is 2. The first kappa shape index (κ1) is 21.9. The highest BCUT2D eigenvalue weighted by Crippen LogP contribution is 2.29. The van der Waals surface area contributed by atoms with Crippen molar-refractivity contribution in [3.8, 4) is 0 Å². The molecule has 1 fully saturated rings. The number of carbonyl (C=O) groups excluding carboxylic acids is 3. The maximum atomic E-state index is 13.1. The Bertz CT molecular complexity index is 1020. The van der Waals surface area contributed by atoms with E-state index >= 15 is 0 Å². The predicted octanol–water partition coefficient (Wildman–Crippen LogP) is 0.914. The van der Waals surface area contributed by atoms with Crippen LogP contribution in [0.15, 0.2) is 30.3 Å². The number of anilines is 1. The van der Waals surface area contributed by atoms with Crippen molar-refractivity contribution in [1.29, 1.82) is 0 Å². The lowest BCUT2D eigenvalue weighted by molar-refractivity contribution is -0.863. The van der Waals surface area contributed by atoms with Crippen LogP contribution >= 0.6 is 22.9 Å². The number of fused-ring (bicyclic) bond motifs is 1. The summed E-state index contributed by atoms with van der Waals surface area (Å²) in [4.78, 5) is 40.5. The van der Waals surface area contributed by atoms with Gasteiger partial charge in [0, 0.05) is 19.7 Å². The number of benzene rings is 1. The van der Waals surface area contributed by atoms with E-state index in [1.165, 1.54) is 0 Å². The van der Waals surface area contributed by atoms with Gasteiger partial charge in [0.15, 0.2) is 6.54 Å². The second-order valence-electron chi connectivity index (χ2n) is 7.77. The van der Waals surface area contributed by atoms with E-state index in [4.69, 9.17) is 11.6 Å². The molecule has 2 aliphatic rings. The van der Waals surface area contributed by atoms with Crippen LogP contribution in [0.1, 0.15) is 44.7 Å². The molecule has 164 valence electrons. The van der Waals surface area contributed by atoms with Crippen molar-refractivity contribution in [3.05, 3.63) is 50.7 Å². The lowest BCUT2D eigenvalue weighted by Crippen LogP contribution is -3.14. The fourth-order valence-electron chi connectivity index (χ4n) is 4.06. The highest BCUT2D eigenvalue weighted by Gasteiger charge is 2.44. The number of aliphatic hydroxyl groups excluding tert-OH is 2. The first-order chi connectivity index (χ1) is 14.9. The summed E-state index contributed by atoms with van der Waals surface area (Å²) in [5, 5.41) is 22.7. The van der Waals surface area contributed by atoms with Gasteiger partial charge >= 0.3 is 5.91 Å². The van der Waals surface area contributed by atoms with Crippen molar-refractivity contribution < 1.29 is 29.5 Å². The summed E-state index contributed by atoms with van der Waals surface area (Å²) in [5.41, 5.74) is 0.892. The quantitative estimate of drug-likeness (QED) is 0.525. The van der Waals surface area contributed by atoms with E-state index in [0.29, 0.717) is 33.6 Å². The van der Waals surface area contributed by atoms with Gasteiger partial charge < -0.3 is 20.4 Å². The number of nitrogens with zero attached hydrogens (tertiary/aromatic N) is 1. The molecular formula is C21H23ClN3O5S+. The molecule has 0 saturated carbocycles. The molecule has 1 aromatic heterocycles. The number of halogens is 1. The molecule has 2 aromatic rings. The molecule has 2 atom stereocenters. The number of hydrogen-bond acceptors (Lipinski definition) is 6. The van der Waals surface area contributed by atoms with Crippen molar-refractivity contribution in [2.24, 2.45) is 5.92 Å². The number of amides is 3. The topological polar surface area (TPSA) is 111 Å². The van der Waals surface area contributed by atoms with Gasteiger partial charge in [-0.05, 0) is 43.0 Å². The van der Waals surface area contributed by atoms with Gasteiger partial charge in [-0.1, -0.05) is 17.7 Å². The molecule has 8 nitrogen and oxygen atoms in total. The van der Waals surface area contributed by atoms with E-state index in [9.17, 15) is 24.6 Å². The lowest BCUT2D eigenvalue weighted by Gasteiger charge is -2.31. The first-order valence-corrected chi connectivity index (χ1v) is 11.2. The summed E-state index contributed by atoms with van der Waals surface area (Å²) in [6.07, 6.45) is 0.253. The fraction of sp³-hybridized carbons (Fsp3) is 0.381. The van der Waals surface area contributed by atoms with Gasteiger partial charge in [0.1, 0.15) is 5.56 Å². The number of piperidine rings is 1. The number of carbonyl (C=O) groups is 3. The van der Waals surface area contributed by atoms with E-state index in [-0.39, 0.29) is 35.4 Å². The number of aliphatic hydroxyl groups is 2. The Morgan fingerprint density at radius 1 is 1.23 bits per heavy atom. The van der Waals surface area contributed by atoms with Crippen LogP contribution in [0.4, 0.5) is 5.69 Å². The zero-order valence-electron chi connectivity index (χ0n) is 16.6. The molecule has 3 heterocycles. The van der Waals surface area contributed by atoms with E-state index in [1.807, 2.05) is 0 Å². The third-order valence-corrected chi connectivity index (χ3v) is 7.08. The molecule has 10 heteroatoms. The summed E-state index contributed by atoms with van der Waals surface area (Å²) in [6.45, 7) is 0.989. The minimum Gasteiger partial charge on any atom is -0.396 e. The number of quaternary nitrogens is 1. The van der Waals surface area contributed by atoms with Crippen LogP contribution in [-0.4, -0.2) is 59.1 Å². The molecule has 1 aromatic carbocycles. The van der Waals surface area contributed by atoms with Gasteiger partial charge in [0.2, 0.25) is 6.23 Å². The van der Waals surface area contributed by atoms with Gasteiger partial charge in [-0.25, -0.2) is 9.69 Å². The third kappa shape index (κ3) is 4.37. The number of rotatable bonds is 5. The normalized spacial score (nSPS) is 21.3. The van der Waals surface area contributed by atoms with Gasteiger partial charge in [-0.2, -0.15) is 0 Å². The van der Waals surface area contributed by atoms with Crippen LogP contribution in [0.3, 0.4) is 0 Å². The third-order valence-electron chi connectivity index (χ3n) is 5.85. The van der Waals surface area contributed by atoms with Gasteiger partial charge in [-0.3, -0.25) is 9.59 Å². The van der Waals surface area contributed by atoms with Crippen LogP contribution in [0, 0.1) is 5.92 Å². The molecule has 2 unspecified atom stereocenters. The van der Waals surface area contributed by atoms with Gasteiger partial charge in [-0.15, -0.1) is 11.3 Å². The van der Waals surface area contributed by atoms with Crippen LogP contribution in [0.5, 0.6) is 0 Å². The zero-order valence-corrected chi connectivity index (χ0v) is 18.2. The maximum absolute atomic E-state index is 13.1. The largest absolute Gasteiger partial charge is 0.396 e. The minimum absolute atomic E-state index is 0.109. The number of likely N-dealkylation sites (tertiary alicyclic amines) is 1. The second-order valence-corrected chi connectivity index (χ2v) is 9.48. The van der Waals surface area contributed by atoms with Crippen molar-refractivity contribution in [2.45, 2.75) is 19.1 Å². The standard InChI is InChI=1S/C21H22ClN3O5S/c22-16-5-4-15(31-16)19(28)23-14-3-1-2-13-18(14)21(30)25(20(13)29)10-17(27)24-8-6-12(11-26)7-9-24/h1-5,12,20,26,29H,6-11H2,(H,23,28)/p+1. The summed E-state index contributed by atoms with van der Waals surface area (Å²) in [7, 11) is 0. The first-order valence-electron chi connectivity index (χ1n) is 10.1. The summed E-state index contributed by atoms with van der Waals surface area (Å²) in [6, 6.07) is 8.09. The fourth-order valence-corrected chi connectivity index (χ4v) is 5.00. The van der Waals surface area contributed by atoms with E-state index in [2.05, 4.69) is 5.32 Å². The maximum Gasteiger partial charge on any atom is 0.349 e. The van der Waals surface area contributed by atoms with Crippen molar-refractivity contribution in [3.63, 3.8) is 0 Å². The SMILES string of the molecule is O=C(Nc1cccc2c1C(=O)[NH+](CC(=O)N1CCC(CO)CC1)C2O)c1ccc(Cl)s1. The van der Waals surface area contributed by atoms with Crippen LogP contribution in [-0.2, 0) is 4.79 Å². The summed E-state index contributed by atoms with van der Waals surface area (Å²) in [5.74, 6) is -0.848. The summed E-state index contributed by atoms with van der Waals surface area (Å²) >= 11 is 7.02. The average molecular weight is 465 g/mol. The molecule has 0 bridgehead atoms. The zero-order chi connectivity index (χ0) is 22.1. The number of thiophene rings is 1. The number of hydrogen-bond donors (Lipinski definition) is 4. The molecule has 1 saturated heterocycles. The molecule has 4 N–H and O–H groups in total. The van der Waals surface area contributed by atoms with Gasteiger partial charge in [0.25, 0.3) is 11.8 Å². The van der Waals surface area contributed by atoms with E-state index in [0.717, 1.165) is 24.2 Å².